The summed E-state index contributed by atoms with van der Waals surface area (Å²) in [6, 6.07) is 7.14. The first-order valence-electron chi connectivity index (χ1n) is 7.91. The van der Waals surface area contributed by atoms with E-state index >= 15 is 0 Å². The van der Waals surface area contributed by atoms with Gasteiger partial charge in [-0.05, 0) is 31.0 Å². The highest BCUT2D eigenvalue weighted by atomic mass is 16.2. The second kappa shape index (κ2) is 7.76. The molecule has 1 saturated carbocycles. The fraction of sp³-hybridized carbons (Fsp3) is 0.471. The largest absolute Gasteiger partial charge is 0.352 e. The van der Waals surface area contributed by atoms with Gasteiger partial charge in [-0.15, -0.1) is 0 Å². The molecule has 3 amide bonds. The van der Waals surface area contributed by atoms with Crippen molar-refractivity contribution >= 4 is 29.1 Å². The van der Waals surface area contributed by atoms with Gasteiger partial charge in [-0.2, -0.15) is 0 Å². The first-order valence-corrected chi connectivity index (χ1v) is 7.91. The van der Waals surface area contributed by atoms with Gasteiger partial charge in [-0.1, -0.05) is 18.9 Å². The van der Waals surface area contributed by atoms with Crippen LogP contribution >= 0.6 is 0 Å². The van der Waals surface area contributed by atoms with Gasteiger partial charge in [-0.3, -0.25) is 14.4 Å². The molecule has 0 unspecified atom stereocenters. The average molecular weight is 317 g/mol. The van der Waals surface area contributed by atoms with Crippen molar-refractivity contribution in [1.82, 2.24) is 5.32 Å². The molecule has 6 nitrogen and oxygen atoms in total. The van der Waals surface area contributed by atoms with E-state index in [1.165, 1.54) is 18.7 Å². The molecular formula is C17H23N3O3. The van der Waals surface area contributed by atoms with Gasteiger partial charge in [0.2, 0.25) is 17.7 Å². The van der Waals surface area contributed by atoms with E-state index in [1.807, 2.05) is 0 Å². The Hall–Kier alpha value is -2.37. The Labute approximate surface area is 136 Å². The molecule has 2 N–H and O–H groups in total. The molecule has 0 atom stereocenters. The highest BCUT2D eigenvalue weighted by Crippen LogP contribution is 2.20. The first kappa shape index (κ1) is 17.0. The zero-order valence-electron chi connectivity index (χ0n) is 13.6. The molecule has 0 radical (unpaired) electrons. The van der Waals surface area contributed by atoms with Crippen LogP contribution in [0.3, 0.4) is 0 Å². The Morgan fingerprint density at radius 2 is 1.87 bits per heavy atom. The van der Waals surface area contributed by atoms with Gasteiger partial charge in [0.05, 0.1) is 0 Å². The van der Waals surface area contributed by atoms with Crippen LogP contribution in [-0.2, 0) is 14.4 Å². The molecule has 1 aromatic carbocycles. The van der Waals surface area contributed by atoms with Crippen molar-refractivity contribution in [3.63, 3.8) is 0 Å². The van der Waals surface area contributed by atoms with E-state index in [4.69, 9.17) is 0 Å². The van der Waals surface area contributed by atoms with Crippen molar-refractivity contribution < 1.29 is 14.4 Å². The second-order valence-electron chi connectivity index (χ2n) is 5.89. The standard InChI is InChI=1S/C17H23N3O3/c1-12(21)18-15-8-5-9-16(10-15)20(13(2)22)11-17(23)19-14-6-3-4-7-14/h5,8-10,14H,3-4,6-7,11H2,1-2H3,(H,18,21)(H,19,23). The summed E-state index contributed by atoms with van der Waals surface area (Å²) in [4.78, 5) is 36.6. The Morgan fingerprint density at radius 3 is 2.48 bits per heavy atom. The lowest BCUT2D eigenvalue weighted by molar-refractivity contribution is -0.123. The highest BCUT2D eigenvalue weighted by Gasteiger charge is 2.20. The van der Waals surface area contributed by atoms with Crippen molar-refractivity contribution in [3.8, 4) is 0 Å². The van der Waals surface area contributed by atoms with Gasteiger partial charge in [-0.25, -0.2) is 0 Å². The third-order valence-electron chi connectivity index (χ3n) is 3.88. The number of amides is 3. The van der Waals surface area contributed by atoms with Crippen molar-refractivity contribution in [2.45, 2.75) is 45.6 Å². The third kappa shape index (κ3) is 5.09. The molecule has 0 spiro atoms. The number of nitrogens with one attached hydrogen (secondary N) is 2. The number of anilines is 2. The van der Waals surface area contributed by atoms with Crippen LogP contribution in [0, 0.1) is 0 Å². The SMILES string of the molecule is CC(=O)Nc1cccc(N(CC(=O)NC2CCCC2)C(C)=O)c1. The minimum Gasteiger partial charge on any atom is -0.352 e. The summed E-state index contributed by atoms with van der Waals surface area (Å²) in [5.74, 6) is -0.556. The van der Waals surface area contributed by atoms with E-state index < -0.39 is 0 Å². The number of carbonyl (C=O) groups excluding carboxylic acids is 3. The van der Waals surface area contributed by atoms with E-state index in [-0.39, 0.29) is 30.3 Å². The summed E-state index contributed by atoms with van der Waals surface area (Å²) < 4.78 is 0. The second-order valence-corrected chi connectivity index (χ2v) is 5.89. The molecule has 0 aliphatic heterocycles. The number of carbonyl (C=O) groups is 3. The molecule has 0 heterocycles. The fourth-order valence-corrected chi connectivity index (χ4v) is 2.83. The van der Waals surface area contributed by atoms with Gasteiger partial charge in [0.1, 0.15) is 6.54 Å². The number of hydrogen-bond donors (Lipinski definition) is 2. The fourth-order valence-electron chi connectivity index (χ4n) is 2.83. The zero-order valence-corrected chi connectivity index (χ0v) is 13.6. The predicted molar refractivity (Wildman–Crippen MR) is 89.2 cm³/mol. The van der Waals surface area contributed by atoms with Crippen molar-refractivity contribution in [2.75, 3.05) is 16.8 Å². The van der Waals surface area contributed by atoms with Crippen LogP contribution in [0.5, 0.6) is 0 Å². The maximum Gasteiger partial charge on any atom is 0.240 e. The van der Waals surface area contributed by atoms with Crippen LogP contribution in [-0.4, -0.2) is 30.3 Å². The molecule has 0 saturated heterocycles. The molecule has 0 aromatic heterocycles. The summed E-state index contributed by atoms with van der Waals surface area (Å²) in [5.41, 5.74) is 1.18. The van der Waals surface area contributed by atoms with Gasteiger partial charge in [0.25, 0.3) is 0 Å². The lowest BCUT2D eigenvalue weighted by Crippen LogP contribution is -2.43. The number of benzene rings is 1. The van der Waals surface area contributed by atoms with Gasteiger partial charge in [0.15, 0.2) is 0 Å². The maximum absolute atomic E-state index is 12.2. The molecule has 1 fully saturated rings. The first-order chi connectivity index (χ1) is 11.0. The minimum atomic E-state index is -0.216. The monoisotopic (exact) mass is 317 g/mol. The van der Waals surface area contributed by atoms with Crippen LogP contribution in [0.1, 0.15) is 39.5 Å². The van der Waals surface area contributed by atoms with E-state index in [9.17, 15) is 14.4 Å². The summed E-state index contributed by atoms with van der Waals surface area (Å²) in [7, 11) is 0. The Balaban J connectivity index is 2.06. The number of nitrogens with zero attached hydrogens (tertiary/aromatic N) is 1. The van der Waals surface area contributed by atoms with E-state index in [0.717, 1.165) is 25.7 Å². The summed E-state index contributed by atoms with van der Waals surface area (Å²) >= 11 is 0. The van der Waals surface area contributed by atoms with Gasteiger partial charge in [0, 0.05) is 31.3 Å². The average Bonchev–Trinajstić information content (AvgIpc) is 2.97. The minimum absolute atomic E-state index is 0.0185. The smallest absolute Gasteiger partial charge is 0.240 e. The molecule has 0 bridgehead atoms. The van der Waals surface area contributed by atoms with Crippen molar-refractivity contribution in [1.29, 1.82) is 0 Å². The Morgan fingerprint density at radius 1 is 1.17 bits per heavy atom. The van der Waals surface area contributed by atoms with Crippen LogP contribution in [0.2, 0.25) is 0 Å². The van der Waals surface area contributed by atoms with Crippen molar-refractivity contribution in [2.24, 2.45) is 0 Å². The lowest BCUT2D eigenvalue weighted by Gasteiger charge is -2.22. The van der Waals surface area contributed by atoms with Crippen LogP contribution in [0.15, 0.2) is 24.3 Å². The number of rotatable bonds is 5. The molecule has 124 valence electrons. The molecule has 23 heavy (non-hydrogen) atoms. The topological polar surface area (TPSA) is 78.5 Å². The number of hydrogen-bond acceptors (Lipinski definition) is 3. The summed E-state index contributed by atoms with van der Waals surface area (Å²) in [6.45, 7) is 2.83. The van der Waals surface area contributed by atoms with E-state index in [0.29, 0.717) is 11.4 Å². The Bertz CT molecular complexity index is 595. The lowest BCUT2D eigenvalue weighted by atomic mass is 10.2. The van der Waals surface area contributed by atoms with Crippen LogP contribution < -0.4 is 15.5 Å². The van der Waals surface area contributed by atoms with Gasteiger partial charge < -0.3 is 15.5 Å². The maximum atomic E-state index is 12.2. The van der Waals surface area contributed by atoms with E-state index in [2.05, 4.69) is 10.6 Å². The quantitative estimate of drug-likeness (QED) is 0.872. The molecule has 1 aliphatic rings. The summed E-state index contributed by atoms with van der Waals surface area (Å²) in [6.07, 6.45) is 4.29. The van der Waals surface area contributed by atoms with Gasteiger partial charge >= 0.3 is 0 Å². The Kier molecular flexibility index (Phi) is 5.73. The molecular weight excluding hydrogens is 294 g/mol. The van der Waals surface area contributed by atoms with Crippen molar-refractivity contribution in [3.05, 3.63) is 24.3 Å². The summed E-state index contributed by atoms with van der Waals surface area (Å²) in [5, 5.41) is 5.65. The molecule has 1 aromatic rings. The van der Waals surface area contributed by atoms with Crippen LogP contribution in [0.25, 0.3) is 0 Å². The normalized spacial score (nSPS) is 14.3. The van der Waals surface area contributed by atoms with Crippen LogP contribution in [0.4, 0.5) is 11.4 Å². The van der Waals surface area contributed by atoms with E-state index in [1.54, 1.807) is 24.3 Å². The third-order valence-corrected chi connectivity index (χ3v) is 3.88. The zero-order chi connectivity index (χ0) is 16.8. The molecule has 6 heteroatoms. The molecule has 2 rings (SSSR count). The predicted octanol–water partition coefficient (Wildman–Crippen LogP) is 2.06. The molecule has 1 aliphatic carbocycles. The highest BCUT2D eigenvalue weighted by molar-refractivity contribution is 5.98.